The Balaban J connectivity index is 2.53. The zero-order valence-electron chi connectivity index (χ0n) is 8.91. The highest BCUT2D eigenvalue weighted by molar-refractivity contribution is 6.31. The topological polar surface area (TPSA) is 74.2 Å². The van der Waals surface area contributed by atoms with E-state index in [1.807, 2.05) is 0 Å². The van der Waals surface area contributed by atoms with E-state index in [1.165, 1.54) is 13.2 Å². The Labute approximate surface area is 101 Å². The Morgan fingerprint density at radius 1 is 1.53 bits per heavy atom. The largest absolute Gasteiger partial charge is 0.496 e. The molecule has 1 aromatic heterocycles. The van der Waals surface area contributed by atoms with Crippen LogP contribution in [-0.2, 0) is 6.54 Å². The summed E-state index contributed by atoms with van der Waals surface area (Å²) in [5, 5.41) is 3.67. The molecule has 0 saturated heterocycles. The van der Waals surface area contributed by atoms with E-state index in [0.29, 0.717) is 5.56 Å². The van der Waals surface area contributed by atoms with Crippen LogP contribution in [0.3, 0.4) is 0 Å². The lowest BCUT2D eigenvalue weighted by molar-refractivity contribution is 0.379. The van der Waals surface area contributed by atoms with Crippen LogP contribution in [0.1, 0.15) is 5.89 Å². The second kappa shape index (κ2) is 4.68. The van der Waals surface area contributed by atoms with Gasteiger partial charge in [0.2, 0.25) is 11.7 Å². The fourth-order valence-corrected chi connectivity index (χ4v) is 1.48. The monoisotopic (exact) mass is 257 g/mol. The molecule has 2 rings (SSSR count). The van der Waals surface area contributed by atoms with Crippen LogP contribution in [0.2, 0.25) is 5.02 Å². The standard InChI is InChI=1S/C10H9ClFN3O2/c1-16-8-3-7(12)6(11)2-5(8)10-14-9(4-13)17-15-10/h2-3H,4,13H2,1H3. The minimum absolute atomic E-state index is 0.0418. The van der Waals surface area contributed by atoms with Crippen LogP contribution in [0, 0.1) is 5.82 Å². The molecule has 0 amide bonds. The van der Waals surface area contributed by atoms with Gasteiger partial charge in [0.1, 0.15) is 11.6 Å². The molecule has 2 N–H and O–H groups in total. The third-order valence-electron chi connectivity index (χ3n) is 2.13. The van der Waals surface area contributed by atoms with Crippen molar-refractivity contribution in [1.82, 2.24) is 10.1 Å². The second-order valence-electron chi connectivity index (χ2n) is 3.18. The van der Waals surface area contributed by atoms with Crippen molar-refractivity contribution in [2.75, 3.05) is 7.11 Å². The van der Waals surface area contributed by atoms with Gasteiger partial charge in [0.25, 0.3) is 0 Å². The molecule has 0 aliphatic rings. The molecule has 0 saturated carbocycles. The normalized spacial score (nSPS) is 10.6. The fourth-order valence-electron chi connectivity index (χ4n) is 1.32. The highest BCUT2D eigenvalue weighted by Gasteiger charge is 2.15. The second-order valence-corrected chi connectivity index (χ2v) is 3.59. The smallest absolute Gasteiger partial charge is 0.240 e. The molecule has 0 aliphatic heterocycles. The van der Waals surface area contributed by atoms with E-state index in [4.69, 9.17) is 26.6 Å². The predicted octanol–water partition coefficient (Wildman–Crippen LogP) is 2.00. The Hall–Kier alpha value is -1.66. The number of benzene rings is 1. The number of ether oxygens (including phenoxy) is 1. The summed E-state index contributed by atoms with van der Waals surface area (Å²) in [6.07, 6.45) is 0. The molecule has 0 bridgehead atoms. The first-order valence-electron chi connectivity index (χ1n) is 4.71. The number of hydrogen-bond acceptors (Lipinski definition) is 5. The quantitative estimate of drug-likeness (QED) is 0.910. The Bertz CT molecular complexity index is 544. The highest BCUT2D eigenvalue weighted by atomic mass is 35.5. The minimum Gasteiger partial charge on any atom is -0.496 e. The summed E-state index contributed by atoms with van der Waals surface area (Å²) < 4.78 is 23.1. The zero-order valence-corrected chi connectivity index (χ0v) is 9.66. The SMILES string of the molecule is COc1cc(F)c(Cl)cc1-c1noc(CN)n1. The number of halogens is 2. The lowest BCUT2D eigenvalue weighted by atomic mass is 10.2. The van der Waals surface area contributed by atoms with Crippen LogP contribution in [0.25, 0.3) is 11.4 Å². The summed E-state index contributed by atoms with van der Waals surface area (Å²) in [6.45, 7) is 0.129. The molecule has 7 heteroatoms. The molecule has 0 spiro atoms. The van der Waals surface area contributed by atoms with Gasteiger partial charge in [0.15, 0.2) is 0 Å². The van der Waals surface area contributed by atoms with Gasteiger partial charge in [-0.3, -0.25) is 0 Å². The van der Waals surface area contributed by atoms with E-state index in [-0.39, 0.29) is 29.0 Å². The summed E-state index contributed by atoms with van der Waals surface area (Å²) in [5.74, 6) is 0.234. The van der Waals surface area contributed by atoms with Crippen molar-refractivity contribution in [3.05, 3.63) is 28.9 Å². The van der Waals surface area contributed by atoms with Crippen LogP contribution in [-0.4, -0.2) is 17.3 Å². The van der Waals surface area contributed by atoms with Crippen molar-refractivity contribution < 1.29 is 13.7 Å². The molecule has 1 heterocycles. The maximum atomic E-state index is 13.2. The fraction of sp³-hybridized carbons (Fsp3) is 0.200. The van der Waals surface area contributed by atoms with Crippen molar-refractivity contribution in [2.24, 2.45) is 5.73 Å². The Morgan fingerprint density at radius 3 is 2.88 bits per heavy atom. The number of nitrogens with two attached hydrogens (primary N) is 1. The zero-order chi connectivity index (χ0) is 12.4. The van der Waals surface area contributed by atoms with Gasteiger partial charge in [0.05, 0.1) is 24.2 Å². The van der Waals surface area contributed by atoms with Gasteiger partial charge in [0, 0.05) is 6.07 Å². The number of nitrogens with zero attached hydrogens (tertiary/aromatic N) is 2. The number of rotatable bonds is 3. The molecule has 0 fully saturated rings. The van der Waals surface area contributed by atoms with Crippen molar-refractivity contribution >= 4 is 11.6 Å². The summed E-state index contributed by atoms with van der Waals surface area (Å²) >= 11 is 5.69. The Morgan fingerprint density at radius 2 is 2.29 bits per heavy atom. The third kappa shape index (κ3) is 2.22. The lowest BCUT2D eigenvalue weighted by Crippen LogP contribution is -1.96. The molecule has 0 atom stereocenters. The molecular formula is C10H9ClFN3O2. The van der Waals surface area contributed by atoms with E-state index >= 15 is 0 Å². The first kappa shape index (κ1) is 11.8. The lowest BCUT2D eigenvalue weighted by Gasteiger charge is -2.05. The average Bonchev–Trinajstić information content (AvgIpc) is 2.80. The molecule has 0 aliphatic carbocycles. The summed E-state index contributed by atoms with van der Waals surface area (Å²) in [5.41, 5.74) is 5.80. The molecule has 1 aromatic carbocycles. The van der Waals surface area contributed by atoms with Crippen molar-refractivity contribution in [1.29, 1.82) is 0 Å². The van der Waals surface area contributed by atoms with Crippen molar-refractivity contribution in [3.63, 3.8) is 0 Å². The summed E-state index contributed by atoms with van der Waals surface area (Å²) in [4.78, 5) is 4.01. The van der Waals surface area contributed by atoms with Gasteiger partial charge in [-0.25, -0.2) is 4.39 Å². The van der Waals surface area contributed by atoms with Gasteiger partial charge in [-0.15, -0.1) is 0 Å². The van der Waals surface area contributed by atoms with E-state index in [0.717, 1.165) is 6.07 Å². The maximum Gasteiger partial charge on any atom is 0.240 e. The van der Waals surface area contributed by atoms with Crippen LogP contribution >= 0.6 is 11.6 Å². The maximum absolute atomic E-state index is 13.2. The average molecular weight is 258 g/mol. The molecular weight excluding hydrogens is 249 g/mol. The molecule has 0 radical (unpaired) electrons. The number of aromatic nitrogens is 2. The van der Waals surface area contributed by atoms with Crippen LogP contribution < -0.4 is 10.5 Å². The summed E-state index contributed by atoms with van der Waals surface area (Å²) in [7, 11) is 1.41. The van der Waals surface area contributed by atoms with E-state index in [1.54, 1.807) is 0 Å². The molecule has 5 nitrogen and oxygen atoms in total. The molecule has 17 heavy (non-hydrogen) atoms. The first-order valence-corrected chi connectivity index (χ1v) is 5.09. The van der Waals surface area contributed by atoms with Gasteiger partial charge < -0.3 is 15.0 Å². The highest BCUT2D eigenvalue weighted by Crippen LogP contribution is 2.32. The van der Waals surface area contributed by atoms with Crippen molar-refractivity contribution in [2.45, 2.75) is 6.54 Å². The van der Waals surface area contributed by atoms with E-state index < -0.39 is 5.82 Å². The van der Waals surface area contributed by atoms with E-state index in [9.17, 15) is 4.39 Å². The predicted molar refractivity (Wildman–Crippen MR) is 59.1 cm³/mol. The summed E-state index contributed by atoms with van der Waals surface area (Å²) in [6, 6.07) is 2.54. The number of methoxy groups -OCH3 is 1. The molecule has 2 aromatic rings. The van der Waals surface area contributed by atoms with Crippen LogP contribution in [0.15, 0.2) is 16.7 Å². The van der Waals surface area contributed by atoms with Crippen molar-refractivity contribution in [3.8, 4) is 17.1 Å². The number of hydrogen-bond donors (Lipinski definition) is 1. The first-order chi connectivity index (χ1) is 8.15. The molecule has 90 valence electrons. The van der Waals surface area contributed by atoms with Crippen LogP contribution in [0.4, 0.5) is 4.39 Å². The van der Waals surface area contributed by atoms with Crippen LogP contribution in [0.5, 0.6) is 5.75 Å². The third-order valence-corrected chi connectivity index (χ3v) is 2.42. The van der Waals surface area contributed by atoms with Gasteiger partial charge in [-0.2, -0.15) is 4.98 Å². The molecule has 0 unspecified atom stereocenters. The van der Waals surface area contributed by atoms with Gasteiger partial charge in [-0.1, -0.05) is 16.8 Å². The van der Waals surface area contributed by atoms with Gasteiger partial charge >= 0.3 is 0 Å². The Kier molecular flexibility index (Phi) is 3.26. The van der Waals surface area contributed by atoms with Gasteiger partial charge in [-0.05, 0) is 6.07 Å². The minimum atomic E-state index is -0.574. The van der Waals surface area contributed by atoms with E-state index in [2.05, 4.69) is 10.1 Å².